The van der Waals surface area contributed by atoms with Gasteiger partial charge in [0.1, 0.15) is 0 Å². The van der Waals surface area contributed by atoms with E-state index in [0.717, 1.165) is 18.4 Å². The Hall–Kier alpha value is -1.70. The maximum Gasteiger partial charge on any atom is 0.254 e. The second-order valence-electron chi connectivity index (χ2n) is 6.60. The molecule has 3 rings (SSSR count). The Morgan fingerprint density at radius 2 is 1.92 bits per heavy atom. The normalized spacial score (nSPS) is 14.7. The minimum Gasteiger partial charge on any atom is -0.331 e. The van der Waals surface area contributed by atoms with Crippen molar-refractivity contribution < 1.29 is 13.2 Å². The summed E-state index contributed by atoms with van der Waals surface area (Å²) in [5.41, 5.74) is 1.65. The molecular formula is C18H22N2O3S2. The lowest BCUT2D eigenvalue weighted by atomic mass is 10.2. The highest BCUT2D eigenvalue weighted by Gasteiger charge is 2.33. The minimum atomic E-state index is -3.54. The molecule has 1 saturated carbocycles. The van der Waals surface area contributed by atoms with Crippen LogP contribution in [0.1, 0.15) is 42.6 Å². The number of nitrogens with one attached hydrogen (secondary N) is 1. The number of carbonyl (C=O) groups excluding carboxylic acids is 1. The fourth-order valence-corrected chi connectivity index (χ4v) is 4.56. The van der Waals surface area contributed by atoms with Crippen LogP contribution in [-0.2, 0) is 16.6 Å². The topological polar surface area (TPSA) is 66.5 Å². The number of amides is 1. The van der Waals surface area contributed by atoms with Crippen molar-refractivity contribution in [1.82, 2.24) is 9.62 Å². The zero-order valence-corrected chi connectivity index (χ0v) is 15.9. The van der Waals surface area contributed by atoms with Crippen molar-refractivity contribution in [1.29, 1.82) is 0 Å². The zero-order chi connectivity index (χ0) is 18.0. The molecule has 1 aromatic carbocycles. The number of hydrogen-bond donors (Lipinski definition) is 1. The summed E-state index contributed by atoms with van der Waals surface area (Å²) in [7, 11) is -3.54. The van der Waals surface area contributed by atoms with Gasteiger partial charge in [-0.1, -0.05) is 0 Å². The molecule has 5 nitrogen and oxygen atoms in total. The van der Waals surface area contributed by atoms with Gasteiger partial charge in [0.25, 0.3) is 5.91 Å². The molecule has 0 saturated heterocycles. The first kappa shape index (κ1) is 18.1. The lowest BCUT2D eigenvalue weighted by Gasteiger charge is -2.22. The van der Waals surface area contributed by atoms with E-state index < -0.39 is 10.0 Å². The predicted molar refractivity (Wildman–Crippen MR) is 99.1 cm³/mol. The van der Waals surface area contributed by atoms with E-state index in [1.54, 1.807) is 37.3 Å². The summed E-state index contributed by atoms with van der Waals surface area (Å²) in [4.78, 5) is 14.9. The molecule has 0 radical (unpaired) electrons. The van der Waals surface area contributed by atoms with Crippen molar-refractivity contribution in [3.05, 3.63) is 52.2 Å². The monoisotopic (exact) mass is 378 g/mol. The number of hydrogen-bond acceptors (Lipinski definition) is 4. The molecule has 0 unspecified atom stereocenters. The highest BCUT2D eigenvalue weighted by atomic mass is 32.2. The average Bonchev–Trinajstić information content (AvgIpc) is 3.27. The molecule has 2 aromatic rings. The molecule has 0 spiro atoms. The van der Waals surface area contributed by atoms with Gasteiger partial charge in [0.15, 0.2) is 0 Å². The summed E-state index contributed by atoms with van der Waals surface area (Å²) in [6.07, 6.45) is 2.06. The quantitative estimate of drug-likeness (QED) is 0.804. The zero-order valence-electron chi connectivity index (χ0n) is 14.3. The van der Waals surface area contributed by atoms with Crippen LogP contribution in [0, 0.1) is 0 Å². The summed E-state index contributed by atoms with van der Waals surface area (Å²) in [5.74, 6) is -0.0468. The van der Waals surface area contributed by atoms with Crippen LogP contribution in [0.4, 0.5) is 0 Å². The van der Waals surface area contributed by atoms with E-state index in [0.29, 0.717) is 18.2 Å². The molecule has 134 valence electrons. The van der Waals surface area contributed by atoms with Gasteiger partial charge in [0.2, 0.25) is 10.0 Å². The maximum atomic E-state index is 12.9. The van der Waals surface area contributed by atoms with E-state index >= 15 is 0 Å². The second-order valence-corrected chi connectivity index (χ2v) is 9.09. The van der Waals surface area contributed by atoms with Gasteiger partial charge in [0.05, 0.1) is 4.90 Å². The molecule has 0 bridgehead atoms. The van der Waals surface area contributed by atoms with Crippen molar-refractivity contribution in [3.63, 3.8) is 0 Å². The first-order chi connectivity index (χ1) is 11.9. The van der Waals surface area contributed by atoms with E-state index in [2.05, 4.69) is 10.1 Å². The molecule has 7 heteroatoms. The van der Waals surface area contributed by atoms with Crippen LogP contribution in [0.15, 0.2) is 46.0 Å². The number of carbonyl (C=O) groups is 1. The number of nitrogens with zero attached hydrogens (tertiary/aromatic N) is 1. The first-order valence-corrected chi connectivity index (χ1v) is 10.7. The summed E-state index contributed by atoms with van der Waals surface area (Å²) in [6.45, 7) is 4.14. The van der Waals surface area contributed by atoms with Gasteiger partial charge in [-0.3, -0.25) is 4.79 Å². The molecule has 1 N–H and O–H groups in total. The lowest BCUT2D eigenvalue weighted by molar-refractivity contribution is 0.0730. The van der Waals surface area contributed by atoms with Crippen LogP contribution in [-0.4, -0.2) is 31.3 Å². The van der Waals surface area contributed by atoms with Gasteiger partial charge >= 0.3 is 0 Å². The highest BCUT2D eigenvalue weighted by molar-refractivity contribution is 7.89. The number of sulfonamides is 1. The molecule has 1 heterocycles. The number of rotatable bonds is 7. The van der Waals surface area contributed by atoms with Gasteiger partial charge in [-0.2, -0.15) is 11.3 Å². The lowest BCUT2D eigenvalue weighted by Crippen LogP contribution is -2.32. The summed E-state index contributed by atoms with van der Waals surface area (Å²) in [6, 6.07) is 8.32. The van der Waals surface area contributed by atoms with Crippen molar-refractivity contribution in [2.24, 2.45) is 0 Å². The van der Waals surface area contributed by atoms with Crippen LogP contribution >= 0.6 is 11.3 Å². The van der Waals surface area contributed by atoms with Gasteiger partial charge < -0.3 is 4.90 Å². The smallest absolute Gasteiger partial charge is 0.254 e. The SMILES string of the molecule is CC(C)NS(=O)(=O)c1ccc(C(=O)N(Cc2ccsc2)C2CC2)cc1. The van der Waals surface area contributed by atoms with E-state index in [1.165, 1.54) is 12.1 Å². The Morgan fingerprint density at radius 1 is 1.24 bits per heavy atom. The van der Waals surface area contributed by atoms with Gasteiger partial charge in [-0.15, -0.1) is 0 Å². The Bertz CT molecular complexity index is 824. The molecule has 25 heavy (non-hydrogen) atoms. The average molecular weight is 379 g/mol. The predicted octanol–water partition coefficient (Wildman–Crippen LogP) is 3.24. The van der Waals surface area contributed by atoms with Crippen LogP contribution in [0.25, 0.3) is 0 Å². The molecule has 1 amide bonds. The standard InChI is InChI=1S/C18H22N2O3S2/c1-13(2)19-25(22,23)17-7-3-15(4-8-17)18(21)20(16-5-6-16)11-14-9-10-24-12-14/h3-4,7-10,12-13,16,19H,5-6,11H2,1-2H3. The number of benzene rings is 1. The van der Waals surface area contributed by atoms with Crippen molar-refractivity contribution in [2.75, 3.05) is 0 Å². The van der Waals surface area contributed by atoms with Crippen LogP contribution in [0.2, 0.25) is 0 Å². The fourth-order valence-electron chi connectivity index (χ4n) is 2.65. The third-order valence-corrected chi connectivity index (χ3v) is 6.39. The summed E-state index contributed by atoms with van der Waals surface area (Å²) < 4.78 is 26.9. The first-order valence-electron chi connectivity index (χ1n) is 8.31. The third kappa shape index (κ3) is 4.48. The van der Waals surface area contributed by atoms with E-state index in [9.17, 15) is 13.2 Å². The van der Waals surface area contributed by atoms with Crippen LogP contribution in [0.5, 0.6) is 0 Å². The van der Waals surface area contributed by atoms with E-state index in [-0.39, 0.29) is 16.8 Å². The molecule has 1 aliphatic rings. The van der Waals surface area contributed by atoms with Crippen LogP contribution in [0.3, 0.4) is 0 Å². The van der Waals surface area contributed by atoms with Gasteiger partial charge in [-0.25, -0.2) is 13.1 Å². The second kappa shape index (κ2) is 7.27. The van der Waals surface area contributed by atoms with E-state index in [4.69, 9.17) is 0 Å². The summed E-state index contributed by atoms with van der Waals surface area (Å²) >= 11 is 1.62. The highest BCUT2D eigenvalue weighted by Crippen LogP contribution is 2.30. The maximum absolute atomic E-state index is 12.9. The Labute approximate surface area is 152 Å². The molecule has 1 aliphatic carbocycles. The minimum absolute atomic E-state index is 0.0468. The molecular weight excluding hydrogens is 356 g/mol. The van der Waals surface area contributed by atoms with Crippen molar-refractivity contribution >= 4 is 27.3 Å². The Balaban J connectivity index is 1.77. The largest absolute Gasteiger partial charge is 0.331 e. The molecule has 1 fully saturated rings. The van der Waals surface area contributed by atoms with Gasteiger partial charge in [-0.05, 0) is 73.3 Å². The fraction of sp³-hybridized carbons (Fsp3) is 0.389. The van der Waals surface area contributed by atoms with E-state index in [1.807, 2.05) is 16.3 Å². The Morgan fingerprint density at radius 3 is 2.44 bits per heavy atom. The van der Waals surface area contributed by atoms with Crippen molar-refractivity contribution in [2.45, 2.75) is 50.2 Å². The number of thiophene rings is 1. The summed E-state index contributed by atoms with van der Waals surface area (Å²) in [5, 5.41) is 4.06. The molecule has 1 aromatic heterocycles. The molecule has 0 atom stereocenters. The van der Waals surface area contributed by atoms with Crippen LogP contribution < -0.4 is 4.72 Å². The van der Waals surface area contributed by atoms with Gasteiger partial charge in [0, 0.05) is 24.2 Å². The molecule has 0 aliphatic heterocycles. The third-order valence-electron chi connectivity index (χ3n) is 3.98. The Kier molecular flexibility index (Phi) is 5.27. The van der Waals surface area contributed by atoms with Crippen molar-refractivity contribution in [3.8, 4) is 0 Å².